The fourth-order valence-corrected chi connectivity index (χ4v) is 1.61. The van der Waals surface area contributed by atoms with E-state index in [0.717, 1.165) is 18.5 Å². The van der Waals surface area contributed by atoms with Crippen LogP contribution in [-0.4, -0.2) is 30.1 Å². The van der Waals surface area contributed by atoms with Gasteiger partial charge in [0.15, 0.2) is 0 Å². The van der Waals surface area contributed by atoms with E-state index in [1.165, 1.54) is 0 Å². The second kappa shape index (κ2) is 5.95. The van der Waals surface area contributed by atoms with Crippen molar-refractivity contribution >= 4 is 11.6 Å². The smallest absolute Gasteiger partial charge is 0.120 e. The van der Waals surface area contributed by atoms with Crippen LogP contribution >= 0.6 is 11.6 Å². The third-order valence-corrected chi connectivity index (χ3v) is 2.46. The molecule has 0 bridgehead atoms. The van der Waals surface area contributed by atoms with Gasteiger partial charge < -0.3 is 15.7 Å². The molecule has 0 atom stereocenters. The Balaban J connectivity index is 2.59. The normalized spacial score (nSPS) is 10.9. The number of hydrogen-bond acceptors (Lipinski definition) is 3. The molecule has 0 spiro atoms. The first-order valence-corrected chi connectivity index (χ1v) is 5.37. The minimum atomic E-state index is 0.291. The molecule has 0 saturated heterocycles. The Labute approximate surface area is 95.5 Å². The molecule has 3 nitrogen and oxygen atoms in total. The molecule has 0 heterocycles. The SMILES string of the molecule is CN(CCCN)Cc1cc(Cl)ccc1O. The molecule has 0 unspecified atom stereocenters. The van der Waals surface area contributed by atoms with Crippen LogP contribution in [0.3, 0.4) is 0 Å². The molecule has 0 amide bonds. The van der Waals surface area contributed by atoms with Crippen molar-refractivity contribution in [2.45, 2.75) is 13.0 Å². The van der Waals surface area contributed by atoms with Crippen LogP contribution in [0.1, 0.15) is 12.0 Å². The maximum absolute atomic E-state index is 9.60. The molecule has 3 N–H and O–H groups in total. The topological polar surface area (TPSA) is 49.5 Å². The second-order valence-corrected chi connectivity index (χ2v) is 4.09. The molecule has 4 heteroatoms. The number of halogens is 1. The Hall–Kier alpha value is -0.770. The Morgan fingerprint density at radius 2 is 2.20 bits per heavy atom. The van der Waals surface area contributed by atoms with E-state index in [1.807, 2.05) is 7.05 Å². The third-order valence-electron chi connectivity index (χ3n) is 2.23. The summed E-state index contributed by atoms with van der Waals surface area (Å²) in [5.41, 5.74) is 6.28. The van der Waals surface area contributed by atoms with Gasteiger partial charge in [-0.15, -0.1) is 0 Å². The number of hydrogen-bond donors (Lipinski definition) is 2. The van der Waals surface area contributed by atoms with Gasteiger partial charge >= 0.3 is 0 Å². The Morgan fingerprint density at radius 3 is 2.87 bits per heavy atom. The monoisotopic (exact) mass is 228 g/mol. The number of nitrogens with zero attached hydrogens (tertiary/aromatic N) is 1. The Kier molecular flexibility index (Phi) is 4.88. The standard InChI is InChI=1S/C11H17ClN2O/c1-14(6-2-5-13)8-9-7-10(12)3-4-11(9)15/h3-4,7,15H,2,5-6,8,13H2,1H3. The molecule has 1 rings (SSSR count). The van der Waals surface area contributed by atoms with E-state index in [9.17, 15) is 5.11 Å². The second-order valence-electron chi connectivity index (χ2n) is 3.65. The van der Waals surface area contributed by atoms with Crippen LogP contribution in [0.2, 0.25) is 5.02 Å². The van der Waals surface area contributed by atoms with Gasteiger partial charge in [-0.05, 0) is 44.8 Å². The highest BCUT2D eigenvalue weighted by Gasteiger charge is 2.05. The molecule has 0 saturated carbocycles. The van der Waals surface area contributed by atoms with E-state index < -0.39 is 0 Å². The molecular formula is C11H17ClN2O. The van der Waals surface area contributed by atoms with Gasteiger partial charge in [0.1, 0.15) is 5.75 Å². The first kappa shape index (κ1) is 12.3. The van der Waals surface area contributed by atoms with Gasteiger partial charge in [0.2, 0.25) is 0 Å². The van der Waals surface area contributed by atoms with E-state index in [-0.39, 0.29) is 0 Å². The largest absolute Gasteiger partial charge is 0.508 e. The summed E-state index contributed by atoms with van der Waals surface area (Å²) in [7, 11) is 2.00. The van der Waals surface area contributed by atoms with Crippen LogP contribution in [0, 0.1) is 0 Å². The van der Waals surface area contributed by atoms with E-state index in [1.54, 1.807) is 18.2 Å². The van der Waals surface area contributed by atoms with Gasteiger partial charge in [-0.3, -0.25) is 0 Å². The number of rotatable bonds is 5. The predicted octanol–water partition coefficient (Wildman–Crippen LogP) is 1.83. The number of nitrogens with two attached hydrogens (primary N) is 1. The number of benzene rings is 1. The zero-order valence-electron chi connectivity index (χ0n) is 8.91. The average Bonchev–Trinajstić information content (AvgIpc) is 2.20. The van der Waals surface area contributed by atoms with Crippen molar-refractivity contribution in [3.05, 3.63) is 28.8 Å². The van der Waals surface area contributed by atoms with Crippen molar-refractivity contribution < 1.29 is 5.11 Å². The highest BCUT2D eigenvalue weighted by molar-refractivity contribution is 6.30. The quantitative estimate of drug-likeness (QED) is 0.809. The van der Waals surface area contributed by atoms with Crippen molar-refractivity contribution in [2.24, 2.45) is 5.73 Å². The lowest BCUT2D eigenvalue weighted by atomic mass is 10.2. The van der Waals surface area contributed by atoms with Gasteiger partial charge in [0.25, 0.3) is 0 Å². The lowest BCUT2D eigenvalue weighted by Gasteiger charge is -2.16. The van der Waals surface area contributed by atoms with Crippen molar-refractivity contribution in [1.82, 2.24) is 4.90 Å². The Bertz CT molecular complexity index is 317. The summed E-state index contributed by atoms with van der Waals surface area (Å²) in [5, 5.41) is 10.2. The number of phenolic OH excluding ortho intramolecular Hbond substituents is 1. The van der Waals surface area contributed by atoms with Gasteiger partial charge in [-0.1, -0.05) is 11.6 Å². The molecule has 0 aliphatic heterocycles. The highest BCUT2D eigenvalue weighted by Crippen LogP contribution is 2.22. The molecule has 0 aromatic heterocycles. The summed E-state index contributed by atoms with van der Waals surface area (Å²) >= 11 is 5.85. The van der Waals surface area contributed by atoms with Gasteiger partial charge in [-0.2, -0.15) is 0 Å². The molecule has 15 heavy (non-hydrogen) atoms. The van der Waals surface area contributed by atoms with E-state index in [2.05, 4.69) is 4.90 Å². The molecule has 1 aromatic rings. The maximum Gasteiger partial charge on any atom is 0.120 e. The molecule has 0 radical (unpaired) electrons. The summed E-state index contributed by atoms with van der Waals surface area (Å²) < 4.78 is 0. The van der Waals surface area contributed by atoms with Crippen LogP contribution in [0.15, 0.2) is 18.2 Å². The Morgan fingerprint density at radius 1 is 1.47 bits per heavy atom. The minimum Gasteiger partial charge on any atom is -0.508 e. The number of phenols is 1. The van der Waals surface area contributed by atoms with E-state index >= 15 is 0 Å². The summed E-state index contributed by atoms with van der Waals surface area (Å²) in [6, 6.07) is 5.09. The molecule has 1 aromatic carbocycles. The van der Waals surface area contributed by atoms with Crippen molar-refractivity contribution in [1.29, 1.82) is 0 Å². The average molecular weight is 229 g/mol. The van der Waals surface area contributed by atoms with Crippen molar-refractivity contribution in [3.63, 3.8) is 0 Å². The molecular weight excluding hydrogens is 212 g/mol. The highest BCUT2D eigenvalue weighted by atomic mass is 35.5. The lowest BCUT2D eigenvalue weighted by molar-refractivity contribution is 0.317. The predicted molar refractivity (Wildman–Crippen MR) is 63.1 cm³/mol. The van der Waals surface area contributed by atoms with Crippen LogP contribution < -0.4 is 5.73 Å². The molecule has 0 aliphatic carbocycles. The number of aromatic hydroxyl groups is 1. The van der Waals surface area contributed by atoms with Crippen LogP contribution in [0.25, 0.3) is 0 Å². The molecule has 0 fully saturated rings. The van der Waals surface area contributed by atoms with Gasteiger partial charge in [0, 0.05) is 17.1 Å². The fourth-order valence-electron chi connectivity index (χ4n) is 1.41. The summed E-state index contributed by atoms with van der Waals surface area (Å²) in [5.74, 6) is 0.291. The zero-order valence-corrected chi connectivity index (χ0v) is 9.67. The van der Waals surface area contributed by atoms with E-state index in [0.29, 0.717) is 23.9 Å². The lowest BCUT2D eigenvalue weighted by Crippen LogP contribution is -2.21. The van der Waals surface area contributed by atoms with Crippen LogP contribution in [0.5, 0.6) is 5.75 Å². The molecule has 0 aliphatic rings. The minimum absolute atomic E-state index is 0.291. The van der Waals surface area contributed by atoms with Gasteiger partial charge in [-0.25, -0.2) is 0 Å². The fraction of sp³-hybridized carbons (Fsp3) is 0.455. The first-order valence-electron chi connectivity index (χ1n) is 4.99. The zero-order chi connectivity index (χ0) is 11.3. The van der Waals surface area contributed by atoms with Crippen molar-refractivity contribution in [2.75, 3.05) is 20.1 Å². The molecule has 84 valence electrons. The first-order chi connectivity index (χ1) is 7.13. The summed E-state index contributed by atoms with van der Waals surface area (Å²) in [4.78, 5) is 2.11. The summed E-state index contributed by atoms with van der Waals surface area (Å²) in [6.07, 6.45) is 0.956. The van der Waals surface area contributed by atoms with Gasteiger partial charge in [0.05, 0.1) is 0 Å². The van der Waals surface area contributed by atoms with Crippen LogP contribution in [-0.2, 0) is 6.54 Å². The summed E-state index contributed by atoms with van der Waals surface area (Å²) in [6.45, 7) is 2.29. The van der Waals surface area contributed by atoms with E-state index in [4.69, 9.17) is 17.3 Å². The van der Waals surface area contributed by atoms with Crippen LogP contribution in [0.4, 0.5) is 0 Å². The van der Waals surface area contributed by atoms with Crippen molar-refractivity contribution in [3.8, 4) is 5.75 Å². The third kappa shape index (κ3) is 4.08. The maximum atomic E-state index is 9.60.